The second-order valence-electron chi connectivity index (χ2n) is 5.25. The Kier molecular flexibility index (Phi) is 8.84. The third-order valence-electron chi connectivity index (χ3n) is 3.27. The van der Waals surface area contributed by atoms with Crippen molar-refractivity contribution in [3.8, 4) is 0 Å². The van der Waals surface area contributed by atoms with Crippen LogP contribution in [0.1, 0.15) is 11.1 Å². The van der Waals surface area contributed by atoms with Crippen LogP contribution in [0, 0.1) is 0 Å². The van der Waals surface area contributed by atoms with Gasteiger partial charge in [-0.15, -0.1) is 0 Å². The van der Waals surface area contributed by atoms with Crippen molar-refractivity contribution < 1.29 is 31.4 Å². The molecule has 132 valence electrons. The van der Waals surface area contributed by atoms with Crippen molar-refractivity contribution in [1.29, 1.82) is 0 Å². The number of benzene rings is 2. The Morgan fingerprint density at radius 1 is 0.640 bits per heavy atom. The van der Waals surface area contributed by atoms with Crippen LogP contribution in [-0.2, 0) is 44.6 Å². The molecule has 0 amide bonds. The Labute approximate surface area is 155 Å². The third kappa shape index (κ3) is 7.08. The fourth-order valence-corrected chi connectivity index (χ4v) is 4.92. The van der Waals surface area contributed by atoms with Gasteiger partial charge in [-0.25, -0.2) is 0 Å². The van der Waals surface area contributed by atoms with Gasteiger partial charge in [-0.3, -0.25) is 0 Å². The molecule has 25 heavy (non-hydrogen) atoms. The average molecular weight is 376 g/mol. The van der Waals surface area contributed by atoms with Crippen LogP contribution in [0.15, 0.2) is 86.0 Å². The van der Waals surface area contributed by atoms with Crippen molar-refractivity contribution in [2.24, 2.45) is 0 Å². The van der Waals surface area contributed by atoms with Crippen molar-refractivity contribution in [3.63, 3.8) is 0 Å². The van der Waals surface area contributed by atoms with Crippen molar-refractivity contribution in [2.75, 3.05) is 13.2 Å². The molecule has 2 aromatic carbocycles. The van der Waals surface area contributed by atoms with E-state index in [1.165, 1.54) is 0 Å². The second kappa shape index (κ2) is 11.2. The molecule has 0 spiro atoms. The van der Waals surface area contributed by atoms with Crippen LogP contribution in [0.3, 0.4) is 0 Å². The van der Waals surface area contributed by atoms with Gasteiger partial charge in [0.1, 0.15) is 0 Å². The summed E-state index contributed by atoms with van der Waals surface area (Å²) in [6.45, 7) is 8.74. The van der Waals surface area contributed by atoms with Crippen LogP contribution >= 0.6 is 0 Å². The molecule has 0 aliphatic carbocycles. The summed E-state index contributed by atoms with van der Waals surface area (Å²) < 4.78 is 23.9. The van der Waals surface area contributed by atoms with Gasteiger partial charge in [0.25, 0.3) is 0 Å². The molecule has 5 heteroatoms. The molecule has 0 aliphatic rings. The molecule has 2 rings (SSSR count). The normalized spacial score (nSPS) is 11.2. The first-order chi connectivity index (χ1) is 12.3. The van der Waals surface area contributed by atoms with Crippen molar-refractivity contribution in [1.82, 2.24) is 0 Å². The first kappa shape index (κ1) is 19.8. The Balaban J connectivity index is 2.10. The van der Waals surface area contributed by atoms with Crippen molar-refractivity contribution in [2.45, 2.75) is 13.2 Å². The molecular formula is C20H24O4Ti. The summed E-state index contributed by atoms with van der Waals surface area (Å²) >= 11 is -3.95. The first-order valence-corrected chi connectivity index (χ1v) is 10.7. The molecule has 0 heterocycles. The molecule has 0 saturated heterocycles. The van der Waals surface area contributed by atoms with Crippen LogP contribution in [0.25, 0.3) is 0 Å². The van der Waals surface area contributed by atoms with E-state index in [1.54, 1.807) is 12.2 Å². The fourth-order valence-electron chi connectivity index (χ4n) is 2.06. The summed E-state index contributed by atoms with van der Waals surface area (Å²) in [5, 5.41) is 0. The van der Waals surface area contributed by atoms with Gasteiger partial charge in [-0.2, -0.15) is 0 Å². The van der Waals surface area contributed by atoms with E-state index < -0.39 is 18.1 Å². The quantitative estimate of drug-likeness (QED) is 0.400. The average Bonchev–Trinajstić information content (AvgIpc) is 2.68. The van der Waals surface area contributed by atoms with Gasteiger partial charge < -0.3 is 0 Å². The van der Waals surface area contributed by atoms with Crippen LogP contribution in [0.4, 0.5) is 0 Å². The van der Waals surface area contributed by atoms with Gasteiger partial charge in [-0.05, 0) is 0 Å². The van der Waals surface area contributed by atoms with Gasteiger partial charge in [0.05, 0.1) is 0 Å². The van der Waals surface area contributed by atoms with Crippen molar-refractivity contribution >= 4 is 0 Å². The molecule has 0 aliphatic heterocycles. The minimum atomic E-state index is -3.95. The van der Waals surface area contributed by atoms with Crippen LogP contribution in [0.2, 0.25) is 0 Å². The molecule has 0 N–H and O–H groups in total. The SMILES string of the molecule is C=CC[O][Ti]([O]CC=C)([O]Cc1ccccc1)[O]Cc1ccccc1. The summed E-state index contributed by atoms with van der Waals surface area (Å²) in [6.07, 6.45) is 3.32. The van der Waals surface area contributed by atoms with E-state index in [0.717, 1.165) is 11.1 Å². The maximum atomic E-state index is 6.07. The van der Waals surface area contributed by atoms with Crippen molar-refractivity contribution in [3.05, 3.63) is 97.1 Å². The van der Waals surface area contributed by atoms with E-state index in [-0.39, 0.29) is 0 Å². The Bertz CT molecular complexity index is 573. The number of rotatable bonds is 12. The van der Waals surface area contributed by atoms with Crippen LogP contribution in [0.5, 0.6) is 0 Å². The fraction of sp³-hybridized carbons (Fsp3) is 0.200. The summed E-state index contributed by atoms with van der Waals surface area (Å²) in [7, 11) is 0. The van der Waals surface area contributed by atoms with E-state index in [2.05, 4.69) is 13.2 Å². The van der Waals surface area contributed by atoms with E-state index in [1.807, 2.05) is 60.7 Å². The van der Waals surface area contributed by atoms with Gasteiger partial charge >= 0.3 is 155 Å². The molecular weight excluding hydrogens is 352 g/mol. The zero-order valence-electron chi connectivity index (χ0n) is 14.3. The number of hydrogen-bond acceptors (Lipinski definition) is 4. The molecule has 0 radical (unpaired) electrons. The summed E-state index contributed by atoms with van der Waals surface area (Å²) in [5.41, 5.74) is 2.07. The summed E-state index contributed by atoms with van der Waals surface area (Å²) in [5.74, 6) is 0. The number of hydrogen-bond donors (Lipinski definition) is 0. The van der Waals surface area contributed by atoms with E-state index in [4.69, 9.17) is 13.3 Å². The molecule has 0 aromatic heterocycles. The molecule has 2 aromatic rings. The van der Waals surface area contributed by atoms with Crippen LogP contribution in [-0.4, -0.2) is 13.2 Å². The first-order valence-electron chi connectivity index (χ1n) is 8.13. The van der Waals surface area contributed by atoms with Crippen LogP contribution < -0.4 is 0 Å². The molecule has 0 unspecified atom stereocenters. The Morgan fingerprint density at radius 3 is 1.40 bits per heavy atom. The predicted molar refractivity (Wildman–Crippen MR) is 94.8 cm³/mol. The monoisotopic (exact) mass is 376 g/mol. The third-order valence-corrected chi connectivity index (χ3v) is 6.45. The molecule has 4 nitrogen and oxygen atoms in total. The minimum absolute atomic E-state index is 0.306. The summed E-state index contributed by atoms with van der Waals surface area (Å²) in [4.78, 5) is 0. The second-order valence-corrected chi connectivity index (χ2v) is 8.61. The van der Waals surface area contributed by atoms with E-state index in [9.17, 15) is 0 Å². The predicted octanol–water partition coefficient (Wildman–Crippen LogP) is 4.64. The molecule has 0 bridgehead atoms. The van der Waals surface area contributed by atoms with E-state index in [0.29, 0.717) is 26.4 Å². The zero-order valence-corrected chi connectivity index (χ0v) is 15.9. The van der Waals surface area contributed by atoms with Gasteiger partial charge in [0.15, 0.2) is 0 Å². The zero-order chi connectivity index (χ0) is 17.8. The standard InChI is InChI=1S/2C7H7O.2C3H5O.Ti/c2*8-6-7-4-2-1-3-5-7;2*1-2-3-4;/h2*1-5H,6H2;2*2H,1,3H2;/q4*-1;+4. The Morgan fingerprint density at radius 2 is 1.04 bits per heavy atom. The topological polar surface area (TPSA) is 36.9 Å². The van der Waals surface area contributed by atoms with Gasteiger partial charge in [-0.1, -0.05) is 0 Å². The Hall–Kier alpha value is -1.53. The maximum absolute atomic E-state index is 6.07. The molecule has 0 fully saturated rings. The van der Waals surface area contributed by atoms with Gasteiger partial charge in [0, 0.05) is 0 Å². The molecule has 0 saturated carbocycles. The van der Waals surface area contributed by atoms with E-state index >= 15 is 0 Å². The van der Waals surface area contributed by atoms with Gasteiger partial charge in [0.2, 0.25) is 0 Å². The molecule has 0 atom stereocenters. The summed E-state index contributed by atoms with van der Waals surface area (Å²) in [6, 6.07) is 19.8.